The number of hydrogen-bond donors (Lipinski definition) is 0. The molecule has 1 heteroatoms. The molecular weight excluding hydrogens is 160 g/mol. The third-order valence-corrected chi connectivity index (χ3v) is 2.74. The highest BCUT2D eigenvalue weighted by Crippen LogP contribution is 2.09. The highest BCUT2D eigenvalue weighted by molar-refractivity contribution is 6.33. The van der Waals surface area contributed by atoms with Gasteiger partial charge in [0, 0.05) is 10.2 Å². The summed E-state index contributed by atoms with van der Waals surface area (Å²) in [6, 6.07) is 8.06. The van der Waals surface area contributed by atoms with E-state index in [-0.39, 0.29) is 5.92 Å². The monoisotopic (exact) mass is 170 g/mol. The molecule has 0 nitrogen and oxygen atoms in total. The van der Waals surface area contributed by atoms with Gasteiger partial charge < -0.3 is 0 Å². The van der Waals surface area contributed by atoms with Crippen molar-refractivity contribution in [1.82, 2.24) is 0 Å². The molecule has 0 atom stereocenters. The summed E-state index contributed by atoms with van der Waals surface area (Å²) < 4.78 is 0. The Morgan fingerprint density at radius 3 is 2.25 bits per heavy atom. The normalized spacial score (nSPS) is 9.25. The number of rotatable bonds is 1. The fourth-order valence-corrected chi connectivity index (χ4v) is 1.79. The smallest absolute Gasteiger partial charge is 0.105 e. The molecule has 0 spiro atoms. The summed E-state index contributed by atoms with van der Waals surface area (Å²) in [7, 11) is 0.991. The molecule has 0 radical (unpaired) electrons. The number of terminal acetylenes is 2. The van der Waals surface area contributed by atoms with Gasteiger partial charge in [-0.05, 0) is 5.56 Å². The first kappa shape index (κ1) is 8.65. The Morgan fingerprint density at radius 2 is 1.75 bits per heavy atom. The summed E-state index contributed by atoms with van der Waals surface area (Å²) in [6.07, 6.45) is 10.6. The first-order chi connectivity index (χ1) is 5.79. The zero-order chi connectivity index (χ0) is 8.97. The highest BCUT2D eigenvalue weighted by atomic mass is 28.1. The molecule has 0 aliphatic rings. The molecule has 0 aromatic heterocycles. The Bertz CT molecular complexity index is 338. The summed E-state index contributed by atoms with van der Waals surface area (Å²) in [4.78, 5) is 0. The van der Waals surface area contributed by atoms with Gasteiger partial charge in [-0.15, -0.1) is 12.8 Å². The molecule has 0 N–H and O–H groups in total. The lowest BCUT2D eigenvalue weighted by Gasteiger charge is -2.06. The van der Waals surface area contributed by atoms with Crippen LogP contribution in [0.5, 0.6) is 0 Å². The quantitative estimate of drug-likeness (QED) is 0.412. The molecule has 0 saturated heterocycles. The third-order valence-electron chi connectivity index (χ3n) is 1.83. The van der Waals surface area contributed by atoms with Crippen molar-refractivity contribution in [3.05, 3.63) is 29.8 Å². The number of benzene rings is 1. The summed E-state index contributed by atoms with van der Waals surface area (Å²) in [6.45, 7) is 0. The minimum Gasteiger partial charge on any atom is -0.118 e. The molecule has 0 aliphatic heterocycles. The minimum absolute atomic E-state index is 0.154. The van der Waals surface area contributed by atoms with E-state index in [0.717, 1.165) is 15.8 Å². The Hall–Kier alpha value is -1.44. The first-order valence-electron chi connectivity index (χ1n) is 3.77. The Kier molecular flexibility index (Phi) is 2.75. The molecule has 0 amide bonds. The molecular formula is C11H10Si. The third kappa shape index (κ3) is 1.59. The standard InChI is InChI=1S/C11H10Si/c1-3-9(4-2)10-7-5-6-8-11(10)12/h1-2,5-9H,12H3. The maximum Gasteiger partial charge on any atom is 0.105 e. The minimum atomic E-state index is -0.154. The van der Waals surface area contributed by atoms with Crippen LogP contribution in [0, 0.1) is 24.7 Å². The SMILES string of the molecule is C#CC(C#C)c1ccccc1[SiH3]. The van der Waals surface area contributed by atoms with Gasteiger partial charge in [0.15, 0.2) is 0 Å². The van der Waals surface area contributed by atoms with Crippen LogP contribution in [0.4, 0.5) is 0 Å². The Balaban J connectivity index is 3.13. The van der Waals surface area contributed by atoms with Gasteiger partial charge in [-0.3, -0.25) is 0 Å². The summed E-state index contributed by atoms with van der Waals surface area (Å²) in [5, 5.41) is 1.29. The van der Waals surface area contributed by atoms with E-state index in [2.05, 4.69) is 17.9 Å². The van der Waals surface area contributed by atoms with Crippen LogP contribution in [0.2, 0.25) is 0 Å². The van der Waals surface area contributed by atoms with E-state index >= 15 is 0 Å². The van der Waals surface area contributed by atoms with E-state index in [1.54, 1.807) is 0 Å². The average Bonchev–Trinajstić information content (AvgIpc) is 2.10. The van der Waals surface area contributed by atoms with Gasteiger partial charge in [0.25, 0.3) is 0 Å². The van der Waals surface area contributed by atoms with Gasteiger partial charge in [0.1, 0.15) is 5.92 Å². The molecule has 12 heavy (non-hydrogen) atoms. The predicted molar refractivity (Wildman–Crippen MR) is 56.4 cm³/mol. The molecule has 1 aromatic carbocycles. The maximum absolute atomic E-state index is 5.31. The van der Waals surface area contributed by atoms with Crippen molar-refractivity contribution in [3.8, 4) is 24.7 Å². The van der Waals surface area contributed by atoms with E-state index in [1.807, 2.05) is 18.2 Å². The van der Waals surface area contributed by atoms with Crippen LogP contribution in [0.3, 0.4) is 0 Å². The van der Waals surface area contributed by atoms with Crippen LogP contribution in [0.1, 0.15) is 11.5 Å². The molecule has 0 aliphatic carbocycles. The fraction of sp³-hybridized carbons (Fsp3) is 0.0909. The molecule has 0 heterocycles. The number of hydrogen-bond acceptors (Lipinski definition) is 0. The lowest BCUT2D eigenvalue weighted by molar-refractivity contribution is 1.19. The largest absolute Gasteiger partial charge is 0.118 e. The average molecular weight is 170 g/mol. The molecule has 0 unspecified atom stereocenters. The van der Waals surface area contributed by atoms with Crippen molar-refractivity contribution in [1.29, 1.82) is 0 Å². The van der Waals surface area contributed by atoms with Crippen LogP contribution in [0.15, 0.2) is 24.3 Å². The lowest BCUT2D eigenvalue weighted by Crippen LogP contribution is -2.11. The maximum atomic E-state index is 5.31. The van der Waals surface area contributed by atoms with Gasteiger partial charge in [-0.25, -0.2) is 0 Å². The van der Waals surface area contributed by atoms with Gasteiger partial charge in [0.05, 0.1) is 0 Å². The van der Waals surface area contributed by atoms with Crippen molar-refractivity contribution in [2.75, 3.05) is 0 Å². The van der Waals surface area contributed by atoms with Gasteiger partial charge in [0.2, 0.25) is 0 Å². The van der Waals surface area contributed by atoms with Crippen molar-refractivity contribution < 1.29 is 0 Å². The van der Waals surface area contributed by atoms with Crippen LogP contribution in [-0.2, 0) is 0 Å². The van der Waals surface area contributed by atoms with Crippen LogP contribution in [-0.4, -0.2) is 10.2 Å². The molecule has 0 bridgehead atoms. The zero-order valence-electron chi connectivity index (χ0n) is 7.04. The summed E-state index contributed by atoms with van der Waals surface area (Å²) >= 11 is 0. The molecule has 58 valence electrons. The topological polar surface area (TPSA) is 0 Å². The second kappa shape index (κ2) is 3.81. The van der Waals surface area contributed by atoms with E-state index in [9.17, 15) is 0 Å². The summed E-state index contributed by atoms with van der Waals surface area (Å²) in [5.74, 6) is 5.04. The van der Waals surface area contributed by atoms with Crippen LogP contribution < -0.4 is 5.19 Å². The Morgan fingerprint density at radius 1 is 1.17 bits per heavy atom. The lowest BCUT2D eigenvalue weighted by atomic mass is 10.0. The van der Waals surface area contributed by atoms with E-state index in [0.29, 0.717) is 0 Å². The predicted octanol–water partition coefficient (Wildman–Crippen LogP) is 0.0273. The molecule has 1 aromatic rings. The van der Waals surface area contributed by atoms with E-state index in [1.165, 1.54) is 5.19 Å². The Labute approximate surface area is 76.4 Å². The molecule has 0 fully saturated rings. The van der Waals surface area contributed by atoms with Crippen molar-refractivity contribution in [2.45, 2.75) is 5.92 Å². The van der Waals surface area contributed by atoms with Gasteiger partial charge in [-0.2, -0.15) is 0 Å². The highest BCUT2D eigenvalue weighted by Gasteiger charge is 2.05. The zero-order valence-corrected chi connectivity index (χ0v) is 9.04. The second-order valence-electron chi connectivity index (χ2n) is 2.62. The second-order valence-corrected chi connectivity index (χ2v) is 3.70. The van der Waals surface area contributed by atoms with Gasteiger partial charge in [-0.1, -0.05) is 41.3 Å². The van der Waals surface area contributed by atoms with Gasteiger partial charge >= 0.3 is 0 Å². The molecule has 1 rings (SSSR count). The van der Waals surface area contributed by atoms with E-state index < -0.39 is 0 Å². The van der Waals surface area contributed by atoms with E-state index in [4.69, 9.17) is 12.8 Å². The van der Waals surface area contributed by atoms with Crippen molar-refractivity contribution in [2.24, 2.45) is 0 Å². The van der Waals surface area contributed by atoms with Crippen molar-refractivity contribution in [3.63, 3.8) is 0 Å². The van der Waals surface area contributed by atoms with Crippen LogP contribution in [0.25, 0.3) is 0 Å². The van der Waals surface area contributed by atoms with Crippen LogP contribution >= 0.6 is 0 Å². The summed E-state index contributed by atoms with van der Waals surface area (Å²) in [5.41, 5.74) is 1.12. The fourth-order valence-electron chi connectivity index (χ4n) is 1.14. The van der Waals surface area contributed by atoms with Crippen molar-refractivity contribution >= 4 is 15.4 Å². The molecule has 0 saturated carbocycles. The first-order valence-corrected chi connectivity index (χ1v) is 4.77.